The number of anilines is 1. The van der Waals surface area contributed by atoms with Crippen LogP contribution in [-0.2, 0) is 11.2 Å². The van der Waals surface area contributed by atoms with E-state index in [-0.39, 0.29) is 18.2 Å². The van der Waals surface area contributed by atoms with Crippen molar-refractivity contribution in [3.05, 3.63) is 77.7 Å². The number of carbonyl (C=O) groups excluding carboxylic acids is 1. The molecular weight excluding hydrogens is 321 g/mol. The van der Waals surface area contributed by atoms with Crippen molar-refractivity contribution in [3.63, 3.8) is 0 Å². The predicted molar refractivity (Wildman–Crippen MR) is 89.7 cm³/mol. The van der Waals surface area contributed by atoms with Gasteiger partial charge in [0, 0.05) is 19.4 Å². The summed E-state index contributed by atoms with van der Waals surface area (Å²) in [6.45, 7) is 0.340. The van der Waals surface area contributed by atoms with E-state index in [1.54, 1.807) is 18.2 Å². The molecule has 4 rings (SSSR count). The Morgan fingerprint density at radius 2 is 1.88 bits per heavy atom. The third-order valence-electron chi connectivity index (χ3n) is 4.31. The minimum Gasteiger partial charge on any atom is -0.339 e. The van der Waals surface area contributed by atoms with Crippen molar-refractivity contribution in [3.8, 4) is 0 Å². The molecule has 0 N–H and O–H groups in total. The second-order valence-corrected chi connectivity index (χ2v) is 6.07. The van der Waals surface area contributed by atoms with Crippen LogP contribution in [0.3, 0.4) is 0 Å². The van der Waals surface area contributed by atoms with Gasteiger partial charge >= 0.3 is 0 Å². The van der Waals surface area contributed by atoms with Gasteiger partial charge in [-0.2, -0.15) is 4.98 Å². The van der Waals surface area contributed by atoms with E-state index in [2.05, 4.69) is 10.1 Å². The average Bonchev–Trinajstić information content (AvgIpc) is 3.23. The number of aromatic nitrogens is 2. The van der Waals surface area contributed by atoms with Gasteiger partial charge in [0.15, 0.2) is 5.82 Å². The molecule has 1 saturated heterocycles. The summed E-state index contributed by atoms with van der Waals surface area (Å²) in [6.07, 6.45) is 0.809. The average molecular weight is 337 g/mol. The molecule has 5 nitrogen and oxygen atoms in total. The smallest absolute Gasteiger partial charge is 0.232 e. The number of benzene rings is 2. The zero-order valence-corrected chi connectivity index (χ0v) is 13.4. The molecule has 0 spiro atoms. The SMILES string of the molecule is O=C1CC(c2nc(Cc3ccccc3)no2)CN1c1ccccc1F. The summed E-state index contributed by atoms with van der Waals surface area (Å²) in [5, 5.41) is 4.01. The standard InChI is InChI=1S/C19H16FN3O2/c20-15-8-4-5-9-16(15)23-12-14(11-18(23)24)19-21-17(22-25-19)10-13-6-2-1-3-7-13/h1-9,14H,10-12H2. The predicted octanol–water partition coefficient (Wildman–Crippen LogP) is 3.32. The molecule has 3 aromatic rings. The first-order chi connectivity index (χ1) is 12.2. The molecule has 25 heavy (non-hydrogen) atoms. The number of halogens is 1. The van der Waals surface area contributed by atoms with Gasteiger partial charge in [-0.05, 0) is 17.7 Å². The minimum absolute atomic E-state index is 0.141. The molecule has 6 heteroatoms. The molecule has 1 amide bonds. The molecule has 1 fully saturated rings. The molecular formula is C19H16FN3O2. The van der Waals surface area contributed by atoms with Crippen molar-refractivity contribution in [1.82, 2.24) is 10.1 Å². The topological polar surface area (TPSA) is 59.2 Å². The van der Waals surface area contributed by atoms with E-state index in [0.717, 1.165) is 5.56 Å². The molecule has 0 aliphatic carbocycles. The summed E-state index contributed by atoms with van der Waals surface area (Å²) in [5.41, 5.74) is 1.38. The molecule has 1 atom stereocenters. The molecule has 0 bridgehead atoms. The van der Waals surface area contributed by atoms with Crippen LogP contribution < -0.4 is 4.90 Å². The van der Waals surface area contributed by atoms with Gasteiger partial charge in [0.25, 0.3) is 0 Å². The third-order valence-corrected chi connectivity index (χ3v) is 4.31. The Labute approximate surface area is 144 Å². The number of nitrogens with zero attached hydrogens (tertiary/aromatic N) is 3. The lowest BCUT2D eigenvalue weighted by Crippen LogP contribution is -2.25. The van der Waals surface area contributed by atoms with Crippen LogP contribution in [0.2, 0.25) is 0 Å². The van der Waals surface area contributed by atoms with Crippen LogP contribution in [0.5, 0.6) is 0 Å². The van der Waals surface area contributed by atoms with Crippen molar-refractivity contribution in [2.75, 3.05) is 11.4 Å². The lowest BCUT2D eigenvalue weighted by molar-refractivity contribution is -0.117. The van der Waals surface area contributed by atoms with Gasteiger partial charge in [-0.1, -0.05) is 47.6 Å². The summed E-state index contributed by atoms with van der Waals surface area (Å²) >= 11 is 0. The van der Waals surface area contributed by atoms with Crippen LogP contribution in [0.4, 0.5) is 10.1 Å². The van der Waals surface area contributed by atoms with E-state index in [1.165, 1.54) is 11.0 Å². The van der Waals surface area contributed by atoms with Gasteiger partial charge in [-0.15, -0.1) is 0 Å². The highest BCUT2D eigenvalue weighted by molar-refractivity contribution is 5.96. The molecule has 1 unspecified atom stereocenters. The monoisotopic (exact) mass is 337 g/mol. The number of para-hydroxylation sites is 1. The Bertz CT molecular complexity index is 894. The fourth-order valence-corrected chi connectivity index (χ4v) is 3.06. The Hall–Kier alpha value is -3.02. The van der Waals surface area contributed by atoms with Crippen molar-refractivity contribution in [2.45, 2.75) is 18.8 Å². The molecule has 0 radical (unpaired) electrons. The largest absolute Gasteiger partial charge is 0.339 e. The van der Waals surface area contributed by atoms with Crippen LogP contribution in [0.15, 0.2) is 59.1 Å². The van der Waals surface area contributed by atoms with Crippen LogP contribution in [-0.4, -0.2) is 22.6 Å². The maximum absolute atomic E-state index is 13.9. The Morgan fingerprint density at radius 1 is 1.12 bits per heavy atom. The highest BCUT2D eigenvalue weighted by Gasteiger charge is 2.36. The Morgan fingerprint density at radius 3 is 2.68 bits per heavy atom. The van der Waals surface area contributed by atoms with E-state index in [1.807, 2.05) is 30.3 Å². The number of amides is 1. The summed E-state index contributed by atoms with van der Waals surface area (Å²) in [6, 6.07) is 16.1. The zero-order valence-electron chi connectivity index (χ0n) is 13.4. The van der Waals surface area contributed by atoms with Gasteiger partial charge in [0.2, 0.25) is 11.8 Å². The van der Waals surface area contributed by atoms with Crippen LogP contribution >= 0.6 is 0 Å². The van der Waals surface area contributed by atoms with E-state index in [4.69, 9.17) is 4.52 Å². The molecule has 1 aliphatic heterocycles. The van der Waals surface area contributed by atoms with E-state index in [9.17, 15) is 9.18 Å². The van der Waals surface area contributed by atoms with E-state index in [0.29, 0.717) is 30.4 Å². The maximum Gasteiger partial charge on any atom is 0.232 e. The minimum atomic E-state index is -0.410. The molecule has 126 valence electrons. The van der Waals surface area contributed by atoms with Gasteiger partial charge < -0.3 is 9.42 Å². The second kappa shape index (κ2) is 6.47. The number of rotatable bonds is 4. The van der Waals surface area contributed by atoms with Gasteiger partial charge in [-0.25, -0.2) is 4.39 Å². The van der Waals surface area contributed by atoms with Gasteiger partial charge in [0.1, 0.15) is 5.82 Å². The fraction of sp³-hybridized carbons (Fsp3) is 0.211. The Balaban J connectivity index is 1.50. The van der Waals surface area contributed by atoms with E-state index < -0.39 is 5.82 Å². The highest BCUT2D eigenvalue weighted by atomic mass is 19.1. The fourth-order valence-electron chi connectivity index (χ4n) is 3.06. The maximum atomic E-state index is 13.9. The first-order valence-electron chi connectivity index (χ1n) is 8.12. The quantitative estimate of drug-likeness (QED) is 0.733. The van der Waals surface area contributed by atoms with Crippen molar-refractivity contribution >= 4 is 11.6 Å². The zero-order chi connectivity index (χ0) is 17.2. The van der Waals surface area contributed by atoms with Crippen LogP contribution in [0.1, 0.15) is 29.6 Å². The normalized spacial score (nSPS) is 17.2. The first-order valence-corrected chi connectivity index (χ1v) is 8.12. The summed E-state index contributed by atoms with van der Waals surface area (Å²) in [5.74, 6) is 0.241. The lowest BCUT2D eigenvalue weighted by atomic mass is 10.1. The molecule has 2 aromatic carbocycles. The van der Waals surface area contributed by atoms with Gasteiger partial charge in [-0.3, -0.25) is 4.79 Å². The van der Waals surface area contributed by atoms with Gasteiger partial charge in [0.05, 0.1) is 11.6 Å². The summed E-state index contributed by atoms with van der Waals surface area (Å²) < 4.78 is 19.3. The van der Waals surface area contributed by atoms with Crippen molar-refractivity contribution < 1.29 is 13.7 Å². The number of hydrogen-bond acceptors (Lipinski definition) is 4. The molecule has 2 heterocycles. The number of carbonyl (C=O) groups is 1. The number of hydrogen-bond donors (Lipinski definition) is 0. The third kappa shape index (κ3) is 3.15. The van der Waals surface area contributed by atoms with Crippen molar-refractivity contribution in [1.29, 1.82) is 0 Å². The second-order valence-electron chi connectivity index (χ2n) is 6.07. The first kappa shape index (κ1) is 15.5. The van der Waals surface area contributed by atoms with Crippen molar-refractivity contribution in [2.24, 2.45) is 0 Å². The van der Waals surface area contributed by atoms with Crippen LogP contribution in [0, 0.1) is 5.82 Å². The Kier molecular flexibility index (Phi) is 4.01. The summed E-state index contributed by atoms with van der Waals surface area (Å²) in [4.78, 5) is 18.1. The molecule has 1 aromatic heterocycles. The molecule has 1 aliphatic rings. The lowest BCUT2D eigenvalue weighted by Gasteiger charge is -2.16. The summed E-state index contributed by atoms with van der Waals surface area (Å²) in [7, 11) is 0. The highest BCUT2D eigenvalue weighted by Crippen LogP contribution is 2.32. The molecule has 0 saturated carbocycles. The van der Waals surface area contributed by atoms with E-state index >= 15 is 0 Å². The van der Waals surface area contributed by atoms with Crippen LogP contribution in [0.25, 0.3) is 0 Å².